The molecular formula is C19H17FN2O2S. The number of hydrogen-bond acceptors (Lipinski definition) is 4. The van der Waals surface area contributed by atoms with Gasteiger partial charge in [-0.3, -0.25) is 4.79 Å². The zero-order valence-electron chi connectivity index (χ0n) is 13.9. The Kier molecular flexibility index (Phi) is 5.09. The molecule has 2 aromatic heterocycles. The summed E-state index contributed by atoms with van der Waals surface area (Å²) in [6.07, 6.45) is 1.63. The van der Waals surface area contributed by atoms with Crippen LogP contribution in [0.5, 0.6) is 11.6 Å². The van der Waals surface area contributed by atoms with Crippen molar-refractivity contribution in [2.45, 2.75) is 20.4 Å². The van der Waals surface area contributed by atoms with Gasteiger partial charge in [-0.2, -0.15) is 0 Å². The van der Waals surface area contributed by atoms with Crippen molar-refractivity contribution >= 4 is 17.2 Å². The molecule has 0 fully saturated rings. The summed E-state index contributed by atoms with van der Waals surface area (Å²) in [7, 11) is 0. The van der Waals surface area contributed by atoms with Crippen LogP contribution in [0.2, 0.25) is 0 Å². The van der Waals surface area contributed by atoms with Crippen molar-refractivity contribution in [3.8, 4) is 11.6 Å². The minimum atomic E-state index is -0.365. The van der Waals surface area contributed by atoms with E-state index in [0.717, 1.165) is 15.3 Å². The highest BCUT2D eigenvalue weighted by atomic mass is 32.1. The Morgan fingerprint density at radius 2 is 2.08 bits per heavy atom. The van der Waals surface area contributed by atoms with E-state index in [2.05, 4.69) is 10.3 Å². The van der Waals surface area contributed by atoms with Gasteiger partial charge in [0.05, 0.1) is 5.56 Å². The van der Waals surface area contributed by atoms with E-state index in [1.54, 1.807) is 35.7 Å². The Morgan fingerprint density at radius 1 is 1.24 bits per heavy atom. The van der Waals surface area contributed by atoms with Crippen LogP contribution in [-0.2, 0) is 6.54 Å². The molecule has 0 spiro atoms. The molecule has 0 aliphatic carbocycles. The van der Waals surface area contributed by atoms with Crippen LogP contribution in [0.25, 0.3) is 0 Å². The highest BCUT2D eigenvalue weighted by molar-refractivity contribution is 7.12. The maximum atomic E-state index is 13.1. The van der Waals surface area contributed by atoms with Crippen LogP contribution in [0.3, 0.4) is 0 Å². The molecule has 1 amide bonds. The lowest BCUT2D eigenvalue weighted by Crippen LogP contribution is -2.22. The van der Waals surface area contributed by atoms with Crippen LogP contribution in [0.4, 0.5) is 4.39 Å². The fourth-order valence-corrected chi connectivity index (χ4v) is 3.28. The number of amides is 1. The molecule has 128 valence electrons. The Hall–Kier alpha value is -2.73. The second-order valence-electron chi connectivity index (χ2n) is 5.57. The second-order valence-corrected chi connectivity index (χ2v) is 7.03. The first-order chi connectivity index (χ1) is 12.0. The minimum Gasteiger partial charge on any atom is -0.439 e. The lowest BCUT2D eigenvalue weighted by atomic mass is 10.2. The number of aromatic nitrogens is 1. The van der Waals surface area contributed by atoms with E-state index >= 15 is 0 Å². The second kappa shape index (κ2) is 7.44. The molecular weight excluding hydrogens is 339 g/mol. The Balaban J connectivity index is 1.59. The third-order valence-electron chi connectivity index (χ3n) is 3.55. The third kappa shape index (κ3) is 4.42. The summed E-state index contributed by atoms with van der Waals surface area (Å²) in [6, 6.07) is 11.3. The van der Waals surface area contributed by atoms with Crippen molar-refractivity contribution in [1.29, 1.82) is 0 Å². The number of nitrogens with one attached hydrogen (secondary N) is 1. The summed E-state index contributed by atoms with van der Waals surface area (Å²) < 4.78 is 18.6. The van der Waals surface area contributed by atoms with Crippen LogP contribution < -0.4 is 10.1 Å². The predicted octanol–water partition coefficient (Wildman–Crippen LogP) is 4.62. The fourth-order valence-electron chi connectivity index (χ4n) is 2.36. The van der Waals surface area contributed by atoms with Gasteiger partial charge >= 0.3 is 0 Å². The van der Waals surface area contributed by atoms with Gasteiger partial charge in [0.2, 0.25) is 5.88 Å². The molecule has 25 heavy (non-hydrogen) atoms. The topological polar surface area (TPSA) is 51.2 Å². The van der Waals surface area contributed by atoms with Gasteiger partial charge < -0.3 is 10.1 Å². The summed E-state index contributed by atoms with van der Waals surface area (Å²) in [4.78, 5) is 18.5. The van der Waals surface area contributed by atoms with Crippen molar-refractivity contribution in [2.75, 3.05) is 0 Å². The maximum Gasteiger partial charge on any atom is 0.252 e. The number of ether oxygens (including phenoxy) is 1. The molecule has 0 radical (unpaired) electrons. The zero-order valence-corrected chi connectivity index (χ0v) is 14.7. The van der Waals surface area contributed by atoms with Crippen LogP contribution in [0.1, 0.15) is 25.7 Å². The average molecular weight is 356 g/mol. The van der Waals surface area contributed by atoms with Gasteiger partial charge in [0.1, 0.15) is 11.6 Å². The molecule has 0 saturated heterocycles. The minimum absolute atomic E-state index is 0.0954. The molecule has 3 rings (SSSR count). The largest absolute Gasteiger partial charge is 0.439 e. The van der Waals surface area contributed by atoms with Gasteiger partial charge in [-0.05, 0) is 37.6 Å². The first-order valence-electron chi connectivity index (χ1n) is 7.75. The normalized spacial score (nSPS) is 10.5. The maximum absolute atomic E-state index is 13.1. The molecule has 1 aromatic carbocycles. The number of halogens is 1. The SMILES string of the molecule is Cc1cc(C(=O)NCc2ccc(Oc3cccc(F)c3)nc2)c(C)s1. The van der Waals surface area contributed by atoms with Crippen LogP contribution in [0, 0.1) is 19.7 Å². The lowest BCUT2D eigenvalue weighted by molar-refractivity contribution is 0.0951. The van der Waals surface area contributed by atoms with Crippen molar-refractivity contribution in [2.24, 2.45) is 0 Å². The Bertz CT molecular complexity index is 891. The molecule has 0 bridgehead atoms. The number of carbonyl (C=O) groups is 1. The van der Waals surface area contributed by atoms with Crippen LogP contribution in [0.15, 0.2) is 48.7 Å². The van der Waals surface area contributed by atoms with Gasteiger partial charge in [0, 0.05) is 34.6 Å². The van der Waals surface area contributed by atoms with Crippen molar-refractivity contribution in [3.63, 3.8) is 0 Å². The molecule has 0 unspecified atom stereocenters. The van der Waals surface area contributed by atoms with Crippen molar-refractivity contribution in [1.82, 2.24) is 10.3 Å². The number of thiophene rings is 1. The number of hydrogen-bond donors (Lipinski definition) is 1. The summed E-state index contributed by atoms with van der Waals surface area (Å²) in [6.45, 7) is 4.29. The quantitative estimate of drug-likeness (QED) is 0.726. The number of carbonyl (C=O) groups excluding carboxylic acids is 1. The molecule has 3 aromatic rings. The zero-order chi connectivity index (χ0) is 17.8. The first-order valence-corrected chi connectivity index (χ1v) is 8.56. The third-order valence-corrected chi connectivity index (χ3v) is 4.52. The molecule has 2 heterocycles. The molecule has 0 atom stereocenters. The van der Waals surface area contributed by atoms with Crippen LogP contribution >= 0.6 is 11.3 Å². The average Bonchev–Trinajstić information content (AvgIpc) is 2.92. The number of rotatable bonds is 5. The number of benzene rings is 1. The van der Waals surface area contributed by atoms with Gasteiger partial charge in [-0.15, -0.1) is 11.3 Å². The van der Waals surface area contributed by atoms with E-state index in [0.29, 0.717) is 23.7 Å². The summed E-state index contributed by atoms with van der Waals surface area (Å²) in [5.41, 5.74) is 1.56. The van der Waals surface area contributed by atoms with Crippen LogP contribution in [-0.4, -0.2) is 10.9 Å². The van der Waals surface area contributed by atoms with E-state index in [1.807, 2.05) is 26.0 Å². The van der Waals surface area contributed by atoms with E-state index in [1.165, 1.54) is 12.1 Å². The standard InChI is InChI=1S/C19H17FN2O2S/c1-12-8-17(13(2)25-12)19(23)22-11-14-6-7-18(21-10-14)24-16-5-3-4-15(20)9-16/h3-10H,11H2,1-2H3,(H,22,23). The molecule has 1 N–H and O–H groups in total. The van der Waals surface area contributed by atoms with Gasteiger partial charge in [0.15, 0.2) is 0 Å². The van der Waals surface area contributed by atoms with Gasteiger partial charge in [-0.25, -0.2) is 9.37 Å². The molecule has 0 saturated carbocycles. The van der Waals surface area contributed by atoms with E-state index in [4.69, 9.17) is 4.74 Å². The van der Waals surface area contributed by atoms with E-state index < -0.39 is 0 Å². The Labute approximate surface area is 149 Å². The fraction of sp³-hybridized carbons (Fsp3) is 0.158. The van der Waals surface area contributed by atoms with Gasteiger partial charge in [0.25, 0.3) is 5.91 Å². The van der Waals surface area contributed by atoms with E-state index in [-0.39, 0.29) is 11.7 Å². The molecule has 6 heteroatoms. The molecule has 0 aliphatic rings. The number of pyridine rings is 1. The smallest absolute Gasteiger partial charge is 0.252 e. The molecule has 4 nitrogen and oxygen atoms in total. The summed E-state index contributed by atoms with van der Waals surface area (Å²) >= 11 is 1.61. The van der Waals surface area contributed by atoms with E-state index in [9.17, 15) is 9.18 Å². The number of nitrogens with zero attached hydrogens (tertiary/aromatic N) is 1. The summed E-state index contributed by atoms with van der Waals surface area (Å²) in [5.74, 6) is 0.291. The van der Waals surface area contributed by atoms with Crippen molar-refractivity contribution < 1.29 is 13.9 Å². The lowest BCUT2D eigenvalue weighted by Gasteiger charge is -2.07. The highest BCUT2D eigenvalue weighted by Crippen LogP contribution is 2.21. The monoisotopic (exact) mass is 356 g/mol. The summed E-state index contributed by atoms with van der Waals surface area (Å²) in [5, 5.41) is 2.88. The number of aryl methyl sites for hydroxylation is 2. The van der Waals surface area contributed by atoms with Gasteiger partial charge in [-0.1, -0.05) is 12.1 Å². The highest BCUT2D eigenvalue weighted by Gasteiger charge is 2.11. The first kappa shape index (κ1) is 17.1. The molecule has 0 aliphatic heterocycles. The predicted molar refractivity (Wildman–Crippen MR) is 95.7 cm³/mol. The Morgan fingerprint density at radius 3 is 2.72 bits per heavy atom. The van der Waals surface area contributed by atoms with Crippen molar-refractivity contribution in [3.05, 3.63) is 75.4 Å².